The van der Waals surface area contributed by atoms with Crippen molar-refractivity contribution in [3.05, 3.63) is 54.1 Å². The summed E-state index contributed by atoms with van der Waals surface area (Å²) in [5.41, 5.74) is 1.65. The number of rotatable bonds is 5. The van der Waals surface area contributed by atoms with Crippen molar-refractivity contribution >= 4 is 23.2 Å². The molecule has 114 valence electrons. The van der Waals surface area contributed by atoms with Gasteiger partial charge in [0.05, 0.1) is 12.3 Å². The van der Waals surface area contributed by atoms with Gasteiger partial charge < -0.3 is 15.4 Å². The lowest BCUT2D eigenvalue weighted by atomic mass is 10.1. The summed E-state index contributed by atoms with van der Waals surface area (Å²) in [6.45, 7) is 3.82. The first kappa shape index (κ1) is 15.6. The maximum atomic E-state index is 12.3. The third kappa shape index (κ3) is 4.09. The molecule has 2 aromatic rings. The molecule has 2 amide bonds. The highest BCUT2D eigenvalue weighted by Crippen LogP contribution is 2.24. The lowest BCUT2D eigenvalue weighted by Gasteiger charge is -2.11. The van der Waals surface area contributed by atoms with Crippen molar-refractivity contribution in [3.63, 3.8) is 0 Å². The van der Waals surface area contributed by atoms with Gasteiger partial charge in [0.15, 0.2) is 0 Å². The van der Waals surface area contributed by atoms with Crippen LogP contribution in [0.5, 0.6) is 5.75 Å². The molecule has 0 aliphatic heterocycles. The van der Waals surface area contributed by atoms with Crippen LogP contribution < -0.4 is 15.4 Å². The number of nitrogens with one attached hydrogen (secondary N) is 2. The van der Waals surface area contributed by atoms with Gasteiger partial charge in [0.25, 0.3) is 5.91 Å². The first-order chi connectivity index (χ1) is 10.6. The van der Waals surface area contributed by atoms with E-state index in [1.165, 1.54) is 6.92 Å². The number of carbonyl (C=O) groups is 2. The smallest absolute Gasteiger partial charge is 0.255 e. The van der Waals surface area contributed by atoms with Gasteiger partial charge in [0, 0.05) is 18.2 Å². The average molecular weight is 298 g/mol. The van der Waals surface area contributed by atoms with Crippen LogP contribution in [0.15, 0.2) is 48.5 Å². The van der Waals surface area contributed by atoms with E-state index in [0.29, 0.717) is 29.3 Å². The van der Waals surface area contributed by atoms with Gasteiger partial charge in [-0.3, -0.25) is 9.59 Å². The first-order valence-corrected chi connectivity index (χ1v) is 7.01. The highest BCUT2D eigenvalue weighted by molar-refractivity contribution is 6.06. The predicted molar refractivity (Wildman–Crippen MR) is 86.3 cm³/mol. The zero-order valence-electron chi connectivity index (χ0n) is 12.6. The fraction of sp³-hybridized carbons (Fsp3) is 0.176. The van der Waals surface area contributed by atoms with Crippen molar-refractivity contribution in [2.24, 2.45) is 0 Å². The Hall–Kier alpha value is -2.82. The summed E-state index contributed by atoms with van der Waals surface area (Å²) in [4.78, 5) is 23.4. The molecule has 5 nitrogen and oxygen atoms in total. The van der Waals surface area contributed by atoms with E-state index in [0.717, 1.165) is 0 Å². The standard InChI is InChI=1S/C17H18N2O3/c1-3-22-16-10-5-4-9-15(16)19-17(21)13-7-6-8-14(11-13)18-12(2)20/h4-11H,3H2,1-2H3,(H,18,20)(H,19,21). The van der Waals surface area contributed by atoms with E-state index in [1.54, 1.807) is 36.4 Å². The Morgan fingerprint density at radius 3 is 2.55 bits per heavy atom. The van der Waals surface area contributed by atoms with Crippen molar-refractivity contribution in [2.45, 2.75) is 13.8 Å². The zero-order valence-corrected chi connectivity index (χ0v) is 12.6. The summed E-state index contributed by atoms with van der Waals surface area (Å²) in [5.74, 6) is 0.176. The van der Waals surface area contributed by atoms with E-state index in [1.807, 2.05) is 19.1 Å². The molecule has 0 bridgehead atoms. The molecule has 0 radical (unpaired) electrons. The molecule has 0 aliphatic rings. The minimum Gasteiger partial charge on any atom is -0.492 e. The van der Waals surface area contributed by atoms with E-state index >= 15 is 0 Å². The Morgan fingerprint density at radius 2 is 1.82 bits per heavy atom. The highest BCUT2D eigenvalue weighted by Gasteiger charge is 2.10. The van der Waals surface area contributed by atoms with Crippen LogP contribution in [-0.4, -0.2) is 18.4 Å². The molecule has 2 rings (SSSR count). The molecule has 0 saturated carbocycles. The van der Waals surface area contributed by atoms with E-state index in [2.05, 4.69) is 10.6 Å². The number of benzene rings is 2. The van der Waals surface area contributed by atoms with Gasteiger partial charge in [-0.05, 0) is 37.3 Å². The number of para-hydroxylation sites is 2. The summed E-state index contributed by atoms with van der Waals surface area (Å²) in [5, 5.41) is 5.47. The quantitative estimate of drug-likeness (QED) is 0.890. The van der Waals surface area contributed by atoms with E-state index in [-0.39, 0.29) is 11.8 Å². The van der Waals surface area contributed by atoms with Crippen LogP contribution in [0.4, 0.5) is 11.4 Å². The van der Waals surface area contributed by atoms with Crippen molar-refractivity contribution in [2.75, 3.05) is 17.2 Å². The Balaban J connectivity index is 2.17. The molecule has 0 spiro atoms. The van der Waals surface area contributed by atoms with E-state index in [4.69, 9.17) is 4.74 Å². The maximum Gasteiger partial charge on any atom is 0.255 e. The first-order valence-electron chi connectivity index (χ1n) is 7.01. The molecule has 2 N–H and O–H groups in total. The minimum absolute atomic E-state index is 0.181. The lowest BCUT2D eigenvalue weighted by molar-refractivity contribution is -0.114. The van der Waals surface area contributed by atoms with Gasteiger partial charge in [-0.15, -0.1) is 0 Å². The maximum absolute atomic E-state index is 12.3. The number of hydrogen-bond acceptors (Lipinski definition) is 3. The Kier molecular flexibility index (Phi) is 5.14. The molecule has 0 saturated heterocycles. The number of amides is 2. The third-order valence-electron chi connectivity index (χ3n) is 2.88. The van der Waals surface area contributed by atoms with Crippen LogP contribution in [-0.2, 0) is 4.79 Å². The van der Waals surface area contributed by atoms with Gasteiger partial charge >= 0.3 is 0 Å². The summed E-state index contributed by atoms with van der Waals surface area (Å²) in [6, 6.07) is 14.0. The number of anilines is 2. The minimum atomic E-state index is -0.264. The van der Waals surface area contributed by atoms with Crippen molar-refractivity contribution in [3.8, 4) is 5.75 Å². The van der Waals surface area contributed by atoms with Gasteiger partial charge in [-0.2, -0.15) is 0 Å². The second kappa shape index (κ2) is 7.26. The lowest BCUT2D eigenvalue weighted by Crippen LogP contribution is -2.14. The molecule has 0 aromatic heterocycles. The summed E-state index contributed by atoms with van der Waals surface area (Å²) >= 11 is 0. The predicted octanol–water partition coefficient (Wildman–Crippen LogP) is 3.30. The summed E-state index contributed by atoms with van der Waals surface area (Å²) in [7, 11) is 0. The third-order valence-corrected chi connectivity index (χ3v) is 2.88. The van der Waals surface area contributed by atoms with Gasteiger partial charge in [0.1, 0.15) is 5.75 Å². The van der Waals surface area contributed by atoms with Crippen LogP contribution in [0.3, 0.4) is 0 Å². The van der Waals surface area contributed by atoms with Gasteiger partial charge in [-0.1, -0.05) is 18.2 Å². The SMILES string of the molecule is CCOc1ccccc1NC(=O)c1cccc(NC(C)=O)c1. The fourth-order valence-electron chi connectivity index (χ4n) is 1.99. The topological polar surface area (TPSA) is 67.4 Å². The molecule has 0 unspecified atom stereocenters. The van der Waals surface area contributed by atoms with Gasteiger partial charge in [0.2, 0.25) is 5.91 Å². The second-order valence-corrected chi connectivity index (χ2v) is 4.65. The van der Waals surface area contributed by atoms with Gasteiger partial charge in [-0.25, -0.2) is 0 Å². The fourth-order valence-corrected chi connectivity index (χ4v) is 1.99. The molecule has 0 heterocycles. The van der Waals surface area contributed by atoms with Crippen LogP contribution >= 0.6 is 0 Å². The summed E-state index contributed by atoms with van der Waals surface area (Å²) in [6.07, 6.45) is 0. The molecule has 0 aliphatic carbocycles. The van der Waals surface area contributed by atoms with Crippen molar-refractivity contribution in [1.29, 1.82) is 0 Å². The van der Waals surface area contributed by atoms with Crippen LogP contribution in [0.1, 0.15) is 24.2 Å². The number of hydrogen-bond donors (Lipinski definition) is 2. The highest BCUT2D eigenvalue weighted by atomic mass is 16.5. The monoisotopic (exact) mass is 298 g/mol. The molecular formula is C17H18N2O3. The molecule has 0 atom stereocenters. The van der Waals surface area contributed by atoms with E-state index < -0.39 is 0 Å². The number of ether oxygens (including phenoxy) is 1. The van der Waals surface area contributed by atoms with E-state index in [9.17, 15) is 9.59 Å². The molecule has 2 aromatic carbocycles. The van der Waals surface area contributed by atoms with Crippen LogP contribution in [0, 0.1) is 0 Å². The molecule has 0 fully saturated rings. The van der Waals surface area contributed by atoms with Crippen LogP contribution in [0.2, 0.25) is 0 Å². The van der Waals surface area contributed by atoms with Crippen LogP contribution in [0.25, 0.3) is 0 Å². The number of carbonyl (C=O) groups excluding carboxylic acids is 2. The molecule has 5 heteroatoms. The average Bonchev–Trinajstić information content (AvgIpc) is 2.49. The van der Waals surface area contributed by atoms with Crippen molar-refractivity contribution in [1.82, 2.24) is 0 Å². The Labute approximate surface area is 129 Å². The largest absolute Gasteiger partial charge is 0.492 e. The summed E-state index contributed by atoms with van der Waals surface area (Å²) < 4.78 is 5.48. The Bertz CT molecular complexity index is 683. The Morgan fingerprint density at radius 1 is 1.05 bits per heavy atom. The molecular weight excluding hydrogens is 280 g/mol. The second-order valence-electron chi connectivity index (χ2n) is 4.65. The molecule has 22 heavy (non-hydrogen) atoms. The zero-order chi connectivity index (χ0) is 15.9. The normalized spacial score (nSPS) is 9.91. The van der Waals surface area contributed by atoms with Crippen molar-refractivity contribution < 1.29 is 14.3 Å².